The van der Waals surface area contributed by atoms with E-state index in [1.807, 2.05) is 24.3 Å². The maximum atomic E-state index is 9.97. The first kappa shape index (κ1) is 8.16. The number of allylic oxidation sites excluding steroid dienone is 1. The zero-order valence-electron chi connectivity index (χ0n) is 6.03. The predicted molar refractivity (Wildman–Crippen MR) is 50.9 cm³/mol. The molecule has 1 atom stereocenters. The Hall–Kier alpha value is -0.940. The monoisotopic (exact) mass is 164 g/mol. The van der Waals surface area contributed by atoms with Gasteiger partial charge >= 0.3 is 0 Å². The van der Waals surface area contributed by atoms with Crippen molar-refractivity contribution in [3.8, 4) is 0 Å². The van der Waals surface area contributed by atoms with E-state index in [1.165, 1.54) is 6.08 Å². The number of hydrogen-bond acceptors (Lipinski definition) is 1. The van der Waals surface area contributed by atoms with E-state index in [0.29, 0.717) is 0 Å². The van der Waals surface area contributed by atoms with Crippen LogP contribution in [0.3, 0.4) is 0 Å². The first-order chi connectivity index (χ1) is 5.33. The highest BCUT2D eigenvalue weighted by Gasteiger charge is 1.85. The van der Waals surface area contributed by atoms with Crippen LogP contribution in [0.4, 0.5) is 0 Å². The molecular weight excluding hydrogens is 155 g/mol. The van der Waals surface area contributed by atoms with E-state index in [0.717, 1.165) is 17.2 Å². The fourth-order valence-corrected chi connectivity index (χ4v) is 1.12. The van der Waals surface area contributed by atoms with Crippen LogP contribution in [-0.4, -0.2) is 6.29 Å². The van der Waals surface area contributed by atoms with Gasteiger partial charge in [0.05, 0.1) is 0 Å². The lowest BCUT2D eigenvalue weighted by atomic mass is 10.2. The molecule has 0 bridgehead atoms. The third-order valence-corrected chi connectivity index (χ3v) is 1.64. The maximum absolute atomic E-state index is 9.97. The van der Waals surface area contributed by atoms with Crippen molar-refractivity contribution in [2.45, 2.75) is 0 Å². The number of carbonyl (C=O) groups is 1. The predicted octanol–water partition coefficient (Wildman–Crippen LogP) is 1.40. The molecule has 0 heterocycles. The van der Waals surface area contributed by atoms with Gasteiger partial charge in [-0.3, -0.25) is 4.79 Å². The van der Waals surface area contributed by atoms with Crippen molar-refractivity contribution in [1.29, 1.82) is 0 Å². The third kappa shape index (κ3) is 2.65. The smallest absolute Gasteiger partial charge is 0.142 e. The SMILES string of the molecule is O=C/C=C/c1cccc(P)c1. The van der Waals surface area contributed by atoms with Crippen molar-refractivity contribution in [2.24, 2.45) is 0 Å². The molecule has 0 fully saturated rings. The van der Waals surface area contributed by atoms with Gasteiger partial charge in [0, 0.05) is 0 Å². The van der Waals surface area contributed by atoms with Crippen LogP contribution in [0.2, 0.25) is 0 Å². The quantitative estimate of drug-likeness (QED) is 0.367. The molecule has 1 aromatic carbocycles. The molecule has 0 spiro atoms. The minimum absolute atomic E-state index is 0.773. The van der Waals surface area contributed by atoms with E-state index in [1.54, 1.807) is 6.08 Å². The van der Waals surface area contributed by atoms with E-state index in [2.05, 4.69) is 9.24 Å². The Morgan fingerprint density at radius 2 is 2.18 bits per heavy atom. The number of carbonyl (C=O) groups excluding carboxylic acids is 1. The summed E-state index contributed by atoms with van der Waals surface area (Å²) in [5, 5.41) is 1.12. The number of benzene rings is 1. The van der Waals surface area contributed by atoms with Crippen LogP contribution in [0.15, 0.2) is 30.3 Å². The molecule has 2 heteroatoms. The van der Waals surface area contributed by atoms with Gasteiger partial charge in [-0.2, -0.15) is 0 Å². The van der Waals surface area contributed by atoms with E-state index < -0.39 is 0 Å². The summed E-state index contributed by atoms with van der Waals surface area (Å²) in [5.41, 5.74) is 1.05. The van der Waals surface area contributed by atoms with Gasteiger partial charge in [0.25, 0.3) is 0 Å². The zero-order chi connectivity index (χ0) is 8.10. The van der Waals surface area contributed by atoms with Crippen LogP contribution >= 0.6 is 9.24 Å². The Morgan fingerprint density at radius 3 is 2.82 bits per heavy atom. The zero-order valence-corrected chi connectivity index (χ0v) is 7.18. The molecule has 56 valence electrons. The van der Waals surface area contributed by atoms with E-state index in [-0.39, 0.29) is 0 Å². The number of aldehydes is 1. The van der Waals surface area contributed by atoms with Gasteiger partial charge in [0.2, 0.25) is 0 Å². The molecule has 0 amide bonds. The van der Waals surface area contributed by atoms with Crippen molar-refractivity contribution in [2.75, 3.05) is 0 Å². The molecule has 1 unspecified atom stereocenters. The molecule has 0 aliphatic rings. The van der Waals surface area contributed by atoms with Crippen LogP contribution in [0, 0.1) is 0 Å². The third-order valence-electron chi connectivity index (χ3n) is 1.28. The van der Waals surface area contributed by atoms with E-state index in [4.69, 9.17) is 0 Å². The van der Waals surface area contributed by atoms with Crippen LogP contribution in [-0.2, 0) is 4.79 Å². The van der Waals surface area contributed by atoms with Crippen molar-refractivity contribution >= 4 is 26.9 Å². The van der Waals surface area contributed by atoms with Crippen molar-refractivity contribution < 1.29 is 4.79 Å². The summed E-state index contributed by atoms with van der Waals surface area (Å²) >= 11 is 0. The topological polar surface area (TPSA) is 17.1 Å². The summed E-state index contributed by atoms with van der Waals surface area (Å²) in [6, 6.07) is 7.88. The van der Waals surface area contributed by atoms with Gasteiger partial charge in [-0.25, -0.2) is 0 Å². The molecule has 11 heavy (non-hydrogen) atoms. The van der Waals surface area contributed by atoms with Gasteiger partial charge < -0.3 is 0 Å². The van der Waals surface area contributed by atoms with Crippen molar-refractivity contribution in [3.05, 3.63) is 35.9 Å². The molecule has 1 rings (SSSR count). The van der Waals surface area contributed by atoms with E-state index in [9.17, 15) is 4.79 Å². The second-order valence-corrected chi connectivity index (χ2v) is 2.83. The summed E-state index contributed by atoms with van der Waals surface area (Å²) in [7, 11) is 2.61. The minimum Gasteiger partial charge on any atom is -0.299 e. The fraction of sp³-hybridized carbons (Fsp3) is 0. The standard InChI is InChI=1S/C9H9OP/c10-6-2-4-8-3-1-5-9(11)7-8/h1-7H,11H2/b4-2+. The first-order valence-electron chi connectivity index (χ1n) is 3.30. The van der Waals surface area contributed by atoms with Crippen molar-refractivity contribution in [1.82, 2.24) is 0 Å². The molecule has 0 aliphatic carbocycles. The highest BCUT2D eigenvalue weighted by Crippen LogP contribution is 2.00. The molecule has 0 radical (unpaired) electrons. The Labute approximate surface area is 68.3 Å². The van der Waals surface area contributed by atoms with Gasteiger partial charge in [-0.05, 0) is 23.0 Å². The molecule has 0 aromatic heterocycles. The molecule has 1 aromatic rings. The van der Waals surface area contributed by atoms with Gasteiger partial charge in [0.15, 0.2) is 0 Å². The van der Waals surface area contributed by atoms with Crippen LogP contribution in [0.25, 0.3) is 6.08 Å². The molecular formula is C9H9OP. The van der Waals surface area contributed by atoms with E-state index >= 15 is 0 Å². The fourth-order valence-electron chi connectivity index (χ4n) is 0.813. The van der Waals surface area contributed by atoms with Crippen LogP contribution in [0.1, 0.15) is 5.56 Å². The second-order valence-electron chi connectivity index (χ2n) is 2.17. The molecule has 0 N–H and O–H groups in total. The lowest BCUT2D eigenvalue weighted by Gasteiger charge is -1.92. The van der Waals surface area contributed by atoms with Gasteiger partial charge in [-0.1, -0.05) is 24.3 Å². The average molecular weight is 164 g/mol. The molecule has 1 nitrogen and oxygen atoms in total. The van der Waals surface area contributed by atoms with Crippen LogP contribution < -0.4 is 5.30 Å². The minimum atomic E-state index is 0.773. The highest BCUT2D eigenvalue weighted by atomic mass is 31.0. The largest absolute Gasteiger partial charge is 0.299 e. The second kappa shape index (κ2) is 4.05. The number of rotatable bonds is 2. The lowest BCUT2D eigenvalue weighted by Crippen LogP contribution is -1.87. The summed E-state index contributed by atoms with van der Waals surface area (Å²) in [4.78, 5) is 9.97. The molecule has 0 saturated carbocycles. The van der Waals surface area contributed by atoms with Gasteiger partial charge in [-0.15, -0.1) is 9.24 Å². The normalized spacial score (nSPS) is 10.3. The molecule has 0 aliphatic heterocycles. The lowest BCUT2D eigenvalue weighted by molar-refractivity contribution is -0.104. The summed E-state index contributed by atoms with van der Waals surface area (Å²) < 4.78 is 0. The molecule has 0 saturated heterocycles. The van der Waals surface area contributed by atoms with Gasteiger partial charge in [0.1, 0.15) is 6.29 Å². The Kier molecular flexibility index (Phi) is 3.00. The Morgan fingerprint density at radius 1 is 1.36 bits per heavy atom. The summed E-state index contributed by atoms with van der Waals surface area (Å²) in [6.07, 6.45) is 4.04. The summed E-state index contributed by atoms with van der Waals surface area (Å²) in [6.45, 7) is 0. The first-order valence-corrected chi connectivity index (χ1v) is 3.88. The number of hydrogen-bond donors (Lipinski definition) is 0. The summed E-state index contributed by atoms with van der Waals surface area (Å²) in [5.74, 6) is 0. The van der Waals surface area contributed by atoms with Crippen LogP contribution in [0.5, 0.6) is 0 Å². The van der Waals surface area contributed by atoms with Crippen molar-refractivity contribution in [3.63, 3.8) is 0 Å². The average Bonchev–Trinajstić information content (AvgIpc) is 2.01. The Bertz CT molecular complexity index is 279. The highest BCUT2D eigenvalue weighted by molar-refractivity contribution is 7.27. The Balaban J connectivity index is 2.87. The maximum Gasteiger partial charge on any atom is 0.142 e.